The number of thiophene rings is 1. The van der Waals surface area contributed by atoms with E-state index in [1.165, 1.54) is 4.88 Å². The van der Waals surface area contributed by atoms with Crippen molar-refractivity contribution in [3.8, 4) is 0 Å². The maximum absolute atomic E-state index is 9.19. The Morgan fingerprint density at radius 3 is 2.43 bits per heavy atom. The molecule has 1 aromatic heterocycles. The zero-order valence-corrected chi connectivity index (χ0v) is 9.51. The van der Waals surface area contributed by atoms with Crippen LogP contribution in [0.2, 0.25) is 0 Å². The van der Waals surface area contributed by atoms with Gasteiger partial charge in [-0.05, 0) is 24.3 Å². The van der Waals surface area contributed by atoms with Gasteiger partial charge in [0.05, 0.1) is 6.26 Å². The second-order valence-corrected chi connectivity index (χ2v) is 5.14. The van der Waals surface area contributed by atoms with Crippen LogP contribution >= 0.6 is 11.3 Å². The molecule has 0 fully saturated rings. The van der Waals surface area contributed by atoms with Crippen molar-refractivity contribution in [3.63, 3.8) is 0 Å². The van der Waals surface area contributed by atoms with Crippen LogP contribution in [-0.2, 0) is 16.5 Å². The molecule has 0 radical (unpaired) electrons. The Morgan fingerprint density at radius 1 is 1.50 bits per heavy atom. The molecule has 4 nitrogen and oxygen atoms in total. The topological polar surface area (TPSA) is 74.6 Å². The Balaban J connectivity index is 0.000000292. The number of hydrogen-bond donors (Lipinski definition) is 2. The first-order valence-corrected chi connectivity index (χ1v) is 6.72. The fourth-order valence-electron chi connectivity index (χ4n) is 0.708. The van der Waals surface area contributed by atoms with Gasteiger partial charge in [0.1, 0.15) is 0 Å². The van der Waals surface area contributed by atoms with Crippen molar-refractivity contribution in [2.75, 3.05) is 12.9 Å². The monoisotopic (exact) mass is 238 g/mol. The van der Waals surface area contributed by atoms with E-state index in [9.17, 15) is 8.42 Å². The van der Waals surface area contributed by atoms with Gasteiger partial charge >= 0.3 is 0 Å². The molecule has 0 saturated heterocycles. The molecule has 0 saturated carbocycles. The lowest BCUT2D eigenvalue weighted by atomic mass is 10.3. The summed E-state index contributed by atoms with van der Waals surface area (Å²) in [7, 11) is -3.67. The summed E-state index contributed by atoms with van der Waals surface area (Å²) in [6.07, 6.45) is 2.63. The van der Waals surface area contributed by atoms with Crippen LogP contribution in [0.15, 0.2) is 17.5 Å². The summed E-state index contributed by atoms with van der Waals surface area (Å²) in [6, 6.07) is 4.14. The van der Waals surface area contributed by atoms with Gasteiger partial charge in [-0.1, -0.05) is 6.07 Å². The number of aliphatic hydroxyl groups is 1. The molecule has 0 aliphatic carbocycles. The van der Waals surface area contributed by atoms with Crippen molar-refractivity contribution in [3.05, 3.63) is 22.4 Å². The van der Waals surface area contributed by atoms with E-state index in [1.54, 1.807) is 11.3 Å². The van der Waals surface area contributed by atoms with Crippen LogP contribution in [0.25, 0.3) is 0 Å². The van der Waals surface area contributed by atoms with Gasteiger partial charge in [0, 0.05) is 11.5 Å². The molecule has 1 heterocycles. The van der Waals surface area contributed by atoms with Gasteiger partial charge in [0.15, 0.2) is 0 Å². The Bertz CT molecular complexity index is 307. The third-order valence-electron chi connectivity index (χ3n) is 1.16. The maximum Gasteiger partial charge on any atom is 0.261 e. The quantitative estimate of drug-likeness (QED) is 0.775. The third-order valence-corrected chi connectivity index (χ3v) is 2.10. The summed E-state index contributed by atoms with van der Waals surface area (Å²) < 4.78 is 25.9. The summed E-state index contributed by atoms with van der Waals surface area (Å²) in [4.78, 5) is 1.36. The second kappa shape index (κ2) is 6.94. The maximum atomic E-state index is 9.19. The average Bonchev–Trinajstić information content (AvgIpc) is 2.49. The first-order chi connectivity index (χ1) is 6.43. The molecule has 1 rings (SSSR count). The molecule has 0 unspecified atom stereocenters. The normalized spacial score (nSPS) is 10.5. The average molecular weight is 238 g/mol. The molecule has 0 bridgehead atoms. The van der Waals surface area contributed by atoms with Crippen molar-refractivity contribution in [1.29, 1.82) is 0 Å². The molecule has 2 N–H and O–H groups in total. The van der Waals surface area contributed by atoms with Crippen LogP contribution in [0, 0.1) is 0 Å². The molecule has 14 heavy (non-hydrogen) atoms. The molecule has 82 valence electrons. The molecule has 0 aliphatic rings. The van der Waals surface area contributed by atoms with Gasteiger partial charge in [-0.15, -0.1) is 11.3 Å². The number of rotatable bonds is 3. The van der Waals surface area contributed by atoms with Crippen molar-refractivity contribution >= 4 is 21.5 Å². The van der Waals surface area contributed by atoms with E-state index in [-0.39, 0.29) is 0 Å². The lowest BCUT2D eigenvalue weighted by Crippen LogP contribution is -1.88. The van der Waals surface area contributed by atoms with Crippen LogP contribution in [0.5, 0.6) is 0 Å². The molecular formula is C8H14O4S2. The van der Waals surface area contributed by atoms with Gasteiger partial charge in [-0.25, -0.2) is 0 Å². The fraction of sp³-hybridized carbons (Fsp3) is 0.500. The van der Waals surface area contributed by atoms with Gasteiger partial charge in [0.2, 0.25) is 0 Å². The minimum Gasteiger partial charge on any atom is -0.396 e. The number of aryl methyl sites for hydroxylation is 1. The van der Waals surface area contributed by atoms with Crippen LogP contribution in [0.4, 0.5) is 0 Å². The minimum atomic E-state index is -3.67. The van der Waals surface area contributed by atoms with E-state index in [1.807, 2.05) is 6.07 Å². The van der Waals surface area contributed by atoms with E-state index in [0.717, 1.165) is 12.8 Å². The summed E-state index contributed by atoms with van der Waals surface area (Å²) in [6.45, 7) is 0.303. The van der Waals surface area contributed by atoms with E-state index in [2.05, 4.69) is 11.4 Å². The summed E-state index contributed by atoms with van der Waals surface area (Å²) in [5.41, 5.74) is 0. The van der Waals surface area contributed by atoms with Crippen LogP contribution < -0.4 is 0 Å². The molecule has 0 amide bonds. The molecule has 6 heteroatoms. The first kappa shape index (κ1) is 13.6. The van der Waals surface area contributed by atoms with Crippen molar-refractivity contribution in [1.82, 2.24) is 0 Å². The van der Waals surface area contributed by atoms with Gasteiger partial charge in [0.25, 0.3) is 10.1 Å². The first-order valence-electron chi connectivity index (χ1n) is 3.99. The van der Waals surface area contributed by atoms with Crippen LogP contribution in [-0.4, -0.2) is 30.9 Å². The Labute approximate surface area is 88.0 Å². The zero-order chi connectivity index (χ0) is 11.0. The van der Waals surface area contributed by atoms with Crippen LogP contribution in [0.1, 0.15) is 11.3 Å². The largest absolute Gasteiger partial charge is 0.396 e. The Kier molecular flexibility index (Phi) is 6.73. The molecular weight excluding hydrogens is 224 g/mol. The zero-order valence-electron chi connectivity index (χ0n) is 7.88. The summed E-state index contributed by atoms with van der Waals surface area (Å²) in [5.74, 6) is 0. The van der Waals surface area contributed by atoms with Crippen LogP contribution in [0.3, 0.4) is 0 Å². The van der Waals surface area contributed by atoms with Gasteiger partial charge < -0.3 is 5.11 Å². The predicted octanol–water partition coefficient (Wildman–Crippen LogP) is 1.18. The highest BCUT2D eigenvalue weighted by Gasteiger charge is 1.90. The number of hydrogen-bond acceptors (Lipinski definition) is 4. The van der Waals surface area contributed by atoms with E-state index in [0.29, 0.717) is 12.9 Å². The van der Waals surface area contributed by atoms with E-state index >= 15 is 0 Å². The fourth-order valence-corrected chi connectivity index (χ4v) is 1.46. The van der Waals surface area contributed by atoms with Gasteiger partial charge in [-0.2, -0.15) is 8.42 Å². The highest BCUT2D eigenvalue weighted by Crippen LogP contribution is 2.09. The van der Waals surface area contributed by atoms with Crippen molar-refractivity contribution in [2.24, 2.45) is 0 Å². The highest BCUT2D eigenvalue weighted by atomic mass is 32.2. The molecule has 0 aromatic carbocycles. The molecule has 0 aliphatic heterocycles. The predicted molar refractivity (Wildman–Crippen MR) is 57.2 cm³/mol. The lowest BCUT2D eigenvalue weighted by Gasteiger charge is -1.90. The summed E-state index contributed by atoms with van der Waals surface area (Å²) in [5, 5.41) is 10.5. The lowest BCUT2D eigenvalue weighted by molar-refractivity contribution is 0.289. The van der Waals surface area contributed by atoms with Crippen molar-refractivity contribution < 1.29 is 18.1 Å². The van der Waals surface area contributed by atoms with Crippen molar-refractivity contribution in [2.45, 2.75) is 12.8 Å². The SMILES string of the molecule is CS(=O)(=O)O.OCCCc1cccs1. The highest BCUT2D eigenvalue weighted by molar-refractivity contribution is 7.85. The number of aliphatic hydroxyl groups excluding tert-OH is 1. The molecule has 0 atom stereocenters. The summed E-state index contributed by atoms with van der Waals surface area (Å²) >= 11 is 1.75. The molecule has 1 aromatic rings. The Hall–Kier alpha value is -0.430. The third kappa shape index (κ3) is 11.6. The standard InChI is InChI=1S/C7H10OS.CH4O3S/c8-5-1-3-7-4-2-6-9-7;1-5(2,3)4/h2,4,6,8H,1,3,5H2;1H3,(H,2,3,4). The minimum absolute atomic E-state index is 0.303. The second-order valence-electron chi connectivity index (χ2n) is 2.64. The van der Waals surface area contributed by atoms with E-state index in [4.69, 9.17) is 9.66 Å². The van der Waals surface area contributed by atoms with Gasteiger partial charge in [-0.3, -0.25) is 4.55 Å². The smallest absolute Gasteiger partial charge is 0.261 e. The Morgan fingerprint density at radius 2 is 2.07 bits per heavy atom. The van der Waals surface area contributed by atoms with E-state index < -0.39 is 10.1 Å². The molecule has 0 spiro atoms.